The first kappa shape index (κ1) is 19.1. The molecule has 1 aromatic rings. The minimum absolute atomic E-state index is 0.0505. The fourth-order valence-electron chi connectivity index (χ4n) is 2.67. The molecule has 0 amide bonds. The van der Waals surface area contributed by atoms with Crippen LogP contribution in [0.2, 0.25) is 0 Å². The topological polar surface area (TPSA) is 33.1 Å². The summed E-state index contributed by atoms with van der Waals surface area (Å²) in [6.07, 6.45) is 4.50. The van der Waals surface area contributed by atoms with Crippen LogP contribution < -0.4 is 0 Å². The number of thiol groups is 1. The van der Waals surface area contributed by atoms with Crippen LogP contribution in [-0.2, 0) is 10.2 Å². The Labute approximate surface area is 141 Å². The molecular formula is C19H31NOS. The molecule has 0 spiro atoms. The zero-order chi connectivity index (χ0) is 16.8. The second-order valence-corrected chi connectivity index (χ2v) is 7.35. The Morgan fingerprint density at radius 3 is 2.45 bits per heavy atom. The maximum absolute atomic E-state index is 8.26. The zero-order valence-electron chi connectivity index (χ0n) is 14.7. The Balaban J connectivity index is 3.10. The van der Waals surface area contributed by atoms with Gasteiger partial charge in [-0.25, -0.2) is 0 Å². The smallest absolute Gasteiger partial charge is 0.188 e. The average molecular weight is 322 g/mol. The van der Waals surface area contributed by atoms with Crippen molar-refractivity contribution in [1.82, 2.24) is 0 Å². The molecule has 3 heteroatoms. The fraction of sp³-hybridized carbons (Fsp3) is 0.632. The highest BCUT2D eigenvalue weighted by Crippen LogP contribution is 2.33. The molecule has 0 saturated carbocycles. The van der Waals surface area contributed by atoms with E-state index in [1.54, 1.807) is 0 Å². The lowest BCUT2D eigenvalue weighted by Crippen LogP contribution is -2.18. The number of hydrogen-bond acceptors (Lipinski definition) is 3. The summed E-state index contributed by atoms with van der Waals surface area (Å²) >= 11 is 4.60. The quantitative estimate of drug-likeness (QED) is 0.276. The lowest BCUT2D eigenvalue weighted by Gasteiger charge is -2.25. The van der Waals surface area contributed by atoms with Crippen LogP contribution in [0.1, 0.15) is 77.3 Å². The van der Waals surface area contributed by atoms with Gasteiger partial charge in [0.2, 0.25) is 0 Å². The minimum atomic E-state index is 0.0505. The second kappa shape index (κ2) is 8.61. The number of nitrogens with one attached hydrogen (secondary N) is 1. The predicted octanol–water partition coefficient (Wildman–Crippen LogP) is 5.95. The SMILES string of the molecule is CCCCCC(C(=N)OCC)c1ccc(S)c(C(C)(C)C)c1. The van der Waals surface area contributed by atoms with E-state index in [0.29, 0.717) is 12.5 Å². The number of ether oxygens (including phenoxy) is 1. The van der Waals surface area contributed by atoms with Gasteiger partial charge in [-0.15, -0.1) is 12.6 Å². The third-order valence-electron chi connectivity index (χ3n) is 3.94. The van der Waals surface area contributed by atoms with Gasteiger partial charge in [-0.2, -0.15) is 0 Å². The van der Waals surface area contributed by atoms with Crippen molar-refractivity contribution in [3.05, 3.63) is 29.3 Å². The van der Waals surface area contributed by atoms with Gasteiger partial charge in [0.05, 0.1) is 12.5 Å². The molecule has 0 radical (unpaired) electrons. The predicted molar refractivity (Wildman–Crippen MR) is 98.6 cm³/mol. The molecule has 0 aromatic heterocycles. The molecule has 22 heavy (non-hydrogen) atoms. The van der Waals surface area contributed by atoms with E-state index >= 15 is 0 Å². The molecule has 0 fully saturated rings. The minimum Gasteiger partial charge on any atom is -0.481 e. The second-order valence-electron chi connectivity index (χ2n) is 6.87. The Kier molecular flexibility index (Phi) is 7.47. The monoisotopic (exact) mass is 321 g/mol. The molecule has 0 saturated heterocycles. The van der Waals surface area contributed by atoms with Crippen molar-refractivity contribution in [3.63, 3.8) is 0 Å². The first-order chi connectivity index (χ1) is 10.3. The molecule has 0 aliphatic rings. The molecule has 0 aliphatic heterocycles. The van der Waals surface area contributed by atoms with Crippen LogP contribution in [0.3, 0.4) is 0 Å². The molecule has 0 aliphatic carbocycles. The molecule has 0 bridgehead atoms. The van der Waals surface area contributed by atoms with Crippen molar-refractivity contribution in [1.29, 1.82) is 5.41 Å². The van der Waals surface area contributed by atoms with Crippen LogP contribution in [0.4, 0.5) is 0 Å². The summed E-state index contributed by atoms with van der Waals surface area (Å²) in [6, 6.07) is 6.37. The van der Waals surface area contributed by atoms with Crippen molar-refractivity contribution < 1.29 is 4.74 Å². The molecule has 1 aromatic carbocycles. The van der Waals surface area contributed by atoms with E-state index in [0.717, 1.165) is 17.7 Å². The van der Waals surface area contributed by atoms with Crippen molar-refractivity contribution in [2.75, 3.05) is 6.61 Å². The van der Waals surface area contributed by atoms with Crippen molar-refractivity contribution in [3.8, 4) is 0 Å². The molecule has 1 unspecified atom stereocenters. The third-order valence-corrected chi connectivity index (χ3v) is 4.33. The zero-order valence-corrected chi connectivity index (χ0v) is 15.6. The summed E-state index contributed by atoms with van der Waals surface area (Å²) in [5.41, 5.74) is 2.46. The first-order valence-electron chi connectivity index (χ1n) is 8.35. The lowest BCUT2D eigenvalue weighted by molar-refractivity contribution is 0.304. The van der Waals surface area contributed by atoms with Gasteiger partial charge < -0.3 is 4.74 Å². The first-order valence-corrected chi connectivity index (χ1v) is 8.80. The summed E-state index contributed by atoms with van der Waals surface area (Å²) in [4.78, 5) is 1.02. The van der Waals surface area contributed by atoms with E-state index in [-0.39, 0.29) is 11.3 Å². The Bertz CT molecular complexity index is 491. The summed E-state index contributed by atoms with van der Waals surface area (Å²) in [5.74, 6) is 0.451. The molecule has 124 valence electrons. The van der Waals surface area contributed by atoms with Crippen molar-refractivity contribution in [2.24, 2.45) is 0 Å². The van der Waals surface area contributed by atoms with E-state index in [9.17, 15) is 0 Å². The fourth-order valence-corrected chi connectivity index (χ4v) is 3.15. The highest BCUT2D eigenvalue weighted by atomic mass is 32.1. The van der Waals surface area contributed by atoms with Gasteiger partial charge in [0.25, 0.3) is 0 Å². The Hall–Kier alpha value is -0.960. The van der Waals surface area contributed by atoms with Crippen LogP contribution in [0.5, 0.6) is 0 Å². The van der Waals surface area contributed by atoms with Gasteiger partial charge in [-0.3, -0.25) is 5.41 Å². The maximum atomic E-state index is 8.26. The van der Waals surface area contributed by atoms with E-state index in [1.165, 1.54) is 24.0 Å². The van der Waals surface area contributed by atoms with Crippen LogP contribution in [0.25, 0.3) is 0 Å². The number of unbranched alkanes of at least 4 members (excludes halogenated alkanes) is 2. The van der Waals surface area contributed by atoms with E-state index in [2.05, 4.69) is 58.5 Å². The van der Waals surface area contributed by atoms with Gasteiger partial charge in [0.15, 0.2) is 5.90 Å². The summed E-state index contributed by atoms with van der Waals surface area (Å²) in [5, 5.41) is 8.26. The van der Waals surface area contributed by atoms with Gasteiger partial charge in [0, 0.05) is 4.90 Å². The highest BCUT2D eigenvalue weighted by molar-refractivity contribution is 7.80. The Morgan fingerprint density at radius 1 is 1.23 bits per heavy atom. The van der Waals surface area contributed by atoms with Crippen LogP contribution >= 0.6 is 12.6 Å². The largest absolute Gasteiger partial charge is 0.481 e. The number of hydrogen-bond donors (Lipinski definition) is 2. The van der Waals surface area contributed by atoms with E-state index in [1.807, 2.05) is 6.92 Å². The highest BCUT2D eigenvalue weighted by Gasteiger charge is 2.22. The number of rotatable bonds is 7. The third kappa shape index (κ3) is 5.35. The van der Waals surface area contributed by atoms with E-state index in [4.69, 9.17) is 10.1 Å². The van der Waals surface area contributed by atoms with Crippen LogP contribution in [0, 0.1) is 5.41 Å². The molecule has 2 nitrogen and oxygen atoms in total. The standard InChI is InChI=1S/C19H31NOS/c1-6-8-9-10-15(18(20)21-7-2)14-11-12-17(22)16(13-14)19(3,4)5/h11-13,15,20,22H,6-10H2,1-5H3. The van der Waals surface area contributed by atoms with Crippen molar-refractivity contribution in [2.45, 2.75) is 76.5 Å². The molecule has 1 rings (SSSR count). The van der Waals surface area contributed by atoms with Crippen molar-refractivity contribution >= 4 is 18.5 Å². The summed E-state index contributed by atoms with van der Waals surface area (Å²) in [6.45, 7) is 11.3. The van der Waals surface area contributed by atoms with Gasteiger partial charge >= 0.3 is 0 Å². The van der Waals surface area contributed by atoms with Crippen LogP contribution in [0.15, 0.2) is 23.1 Å². The normalized spacial score (nSPS) is 13.0. The lowest BCUT2D eigenvalue weighted by atomic mass is 9.83. The van der Waals surface area contributed by atoms with Gasteiger partial charge in [0.1, 0.15) is 0 Å². The summed E-state index contributed by atoms with van der Waals surface area (Å²) < 4.78 is 5.51. The summed E-state index contributed by atoms with van der Waals surface area (Å²) in [7, 11) is 0. The van der Waals surface area contributed by atoms with E-state index < -0.39 is 0 Å². The molecule has 0 heterocycles. The molecule has 1 N–H and O–H groups in total. The van der Waals surface area contributed by atoms with Crippen LogP contribution in [-0.4, -0.2) is 12.5 Å². The molecular weight excluding hydrogens is 290 g/mol. The maximum Gasteiger partial charge on any atom is 0.188 e. The van der Waals surface area contributed by atoms with Gasteiger partial charge in [-0.05, 0) is 36.0 Å². The Morgan fingerprint density at radius 2 is 1.91 bits per heavy atom. The van der Waals surface area contributed by atoms with Gasteiger partial charge in [-0.1, -0.05) is 59.1 Å². The number of benzene rings is 1. The molecule has 1 atom stereocenters. The average Bonchev–Trinajstić information content (AvgIpc) is 2.43.